The van der Waals surface area contributed by atoms with Crippen LogP contribution in [-0.2, 0) is 21.6 Å². The van der Waals surface area contributed by atoms with Crippen LogP contribution in [0.1, 0.15) is 101 Å². The number of ketones is 1. The number of imide groups is 2. The molecular formula is C40H41N5O7. The zero-order chi connectivity index (χ0) is 36.8. The number of nitrogens with zero attached hydrogens (tertiary/aromatic N) is 3. The first-order valence-corrected chi connectivity index (χ1v) is 17.5. The fraction of sp³-hybridized carbons (Fsp3) is 0.325. The number of hydrogen-bond acceptors (Lipinski definition) is 10. The van der Waals surface area contributed by atoms with Crippen LogP contribution in [0.3, 0.4) is 0 Å². The molecule has 0 spiro atoms. The highest BCUT2D eigenvalue weighted by Gasteiger charge is 2.44. The molecule has 0 radical (unpaired) electrons. The lowest BCUT2D eigenvalue weighted by Crippen LogP contribution is -2.54. The standard InChI is InChI=1S/C40H41N5O7/c1-4-40(5-2,27-9-14-31(15-10-27)52-24-29-19-21-42-36(43-29)25(3)46)26-7-12-30(13-8-26)51-22-6-20-41-28-11-16-32-33(23-28)39(50)45(38(32)49)34-17-18-35(47)44-37(34)48/h7-16,19,21,23,34,41H,4-6,17-18,20,22,24H2,1-3H3,(H,44,47,48). The summed E-state index contributed by atoms with van der Waals surface area (Å²) < 4.78 is 12.0. The largest absolute Gasteiger partial charge is 0.494 e. The molecule has 2 N–H and O–H groups in total. The first kappa shape index (κ1) is 35.9. The number of amides is 4. The number of piperidine rings is 1. The van der Waals surface area contributed by atoms with Crippen molar-refractivity contribution in [1.82, 2.24) is 20.2 Å². The second-order valence-electron chi connectivity index (χ2n) is 12.9. The monoisotopic (exact) mass is 703 g/mol. The number of anilines is 1. The van der Waals surface area contributed by atoms with Gasteiger partial charge in [-0.25, -0.2) is 9.97 Å². The predicted molar refractivity (Wildman–Crippen MR) is 192 cm³/mol. The van der Waals surface area contributed by atoms with E-state index in [0.29, 0.717) is 36.7 Å². The summed E-state index contributed by atoms with van der Waals surface area (Å²) in [5.74, 6) is -0.638. The summed E-state index contributed by atoms with van der Waals surface area (Å²) in [6.45, 7) is 7.09. The van der Waals surface area contributed by atoms with Crippen molar-refractivity contribution in [3.05, 3.63) is 113 Å². The van der Waals surface area contributed by atoms with E-state index >= 15 is 0 Å². The number of hydrogen-bond donors (Lipinski definition) is 2. The molecule has 12 heteroatoms. The molecule has 1 fully saturated rings. The van der Waals surface area contributed by atoms with Gasteiger partial charge in [-0.05, 0) is 85.3 Å². The zero-order valence-electron chi connectivity index (χ0n) is 29.4. The number of Topliss-reactive ketones (excluding diaryl/α,β-unsaturated/α-hetero) is 1. The topological polar surface area (TPSA) is 157 Å². The van der Waals surface area contributed by atoms with Crippen molar-refractivity contribution in [2.24, 2.45) is 0 Å². The zero-order valence-corrected chi connectivity index (χ0v) is 29.4. The number of carbonyl (C=O) groups is 5. The Morgan fingerprint density at radius 2 is 1.54 bits per heavy atom. The van der Waals surface area contributed by atoms with Crippen LogP contribution in [0.4, 0.5) is 5.69 Å². The van der Waals surface area contributed by atoms with Gasteiger partial charge in [-0.3, -0.25) is 34.2 Å². The minimum Gasteiger partial charge on any atom is -0.494 e. The molecule has 4 aromatic rings. The van der Waals surface area contributed by atoms with Crippen molar-refractivity contribution in [3.63, 3.8) is 0 Å². The van der Waals surface area contributed by atoms with Crippen molar-refractivity contribution in [3.8, 4) is 11.5 Å². The Balaban J connectivity index is 1.000. The van der Waals surface area contributed by atoms with Crippen molar-refractivity contribution in [2.75, 3.05) is 18.5 Å². The van der Waals surface area contributed by atoms with Crippen LogP contribution in [0, 0.1) is 0 Å². The third kappa shape index (κ3) is 7.41. The van der Waals surface area contributed by atoms with E-state index in [0.717, 1.165) is 23.5 Å². The minimum absolute atomic E-state index is 0.0755. The van der Waals surface area contributed by atoms with Gasteiger partial charge in [0.05, 0.1) is 23.4 Å². The summed E-state index contributed by atoms with van der Waals surface area (Å²) in [5, 5.41) is 5.49. The first-order chi connectivity index (χ1) is 25.1. The molecular weight excluding hydrogens is 662 g/mol. The van der Waals surface area contributed by atoms with Crippen molar-refractivity contribution >= 4 is 35.1 Å². The van der Waals surface area contributed by atoms with Gasteiger partial charge in [0, 0.05) is 37.2 Å². The molecule has 0 aliphatic carbocycles. The average molecular weight is 704 g/mol. The van der Waals surface area contributed by atoms with Gasteiger partial charge in [0.1, 0.15) is 24.1 Å². The Hall–Kier alpha value is -5.91. The van der Waals surface area contributed by atoms with Gasteiger partial charge in [0.2, 0.25) is 11.8 Å². The number of nitrogens with one attached hydrogen (secondary N) is 2. The Kier molecular flexibility index (Phi) is 10.7. The Labute approximate surface area is 301 Å². The van der Waals surface area contributed by atoms with Crippen LogP contribution in [0.5, 0.6) is 11.5 Å². The third-order valence-corrected chi connectivity index (χ3v) is 9.79. The number of ether oxygens (including phenoxy) is 2. The van der Waals surface area contributed by atoms with Gasteiger partial charge < -0.3 is 14.8 Å². The number of rotatable bonds is 15. The van der Waals surface area contributed by atoms with Gasteiger partial charge in [0.25, 0.3) is 11.8 Å². The SMILES string of the molecule is CCC(CC)(c1ccc(OCCCNc2ccc3c(c2)C(=O)N(C2CCC(=O)NC2=O)C3=O)cc1)c1ccc(OCc2ccnc(C(C)=O)n2)cc1. The van der Waals surface area contributed by atoms with Crippen molar-refractivity contribution in [1.29, 1.82) is 0 Å². The lowest BCUT2D eigenvalue weighted by Gasteiger charge is -2.33. The molecule has 0 saturated carbocycles. The van der Waals surface area contributed by atoms with E-state index in [4.69, 9.17) is 9.47 Å². The Morgan fingerprint density at radius 1 is 0.885 bits per heavy atom. The van der Waals surface area contributed by atoms with Crippen molar-refractivity contribution in [2.45, 2.75) is 70.9 Å². The van der Waals surface area contributed by atoms with E-state index in [1.807, 2.05) is 24.3 Å². The molecule has 1 saturated heterocycles. The van der Waals surface area contributed by atoms with Crippen LogP contribution in [0.2, 0.25) is 0 Å². The Morgan fingerprint density at radius 3 is 2.17 bits per heavy atom. The molecule has 4 amide bonds. The molecule has 3 aromatic carbocycles. The molecule has 2 aliphatic rings. The van der Waals surface area contributed by atoms with Crippen LogP contribution >= 0.6 is 0 Å². The van der Waals surface area contributed by atoms with E-state index in [2.05, 4.69) is 58.7 Å². The van der Waals surface area contributed by atoms with Gasteiger partial charge in [-0.2, -0.15) is 0 Å². The molecule has 1 atom stereocenters. The molecule has 12 nitrogen and oxygen atoms in total. The molecule has 6 rings (SSSR count). The van der Waals surface area contributed by atoms with E-state index < -0.39 is 29.7 Å². The second kappa shape index (κ2) is 15.5. The number of aromatic nitrogens is 2. The van der Waals surface area contributed by atoms with E-state index in [1.54, 1.807) is 30.5 Å². The predicted octanol–water partition coefficient (Wildman–Crippen LogP) is 5.65. The highest BCUT2D eigenvalue weighted by molar-refractivity contribution is 6.23. The quantitative estimate of drug-likeness (QED) is 0.0902. The number of benzene rings is 3. The van der Waals surface area contributed by atoms with E-state index in [1.165, 1.54) is 18.1 Å². The average Bonchev–Trinajstić information content (AvgIpc) is 3.40. The summed E-state index contributed by atoms with van der Waals surface area (Å²) in [6.07, 6.45) is 4.25. The minimum atomic E-state index is -0.993. The van der Waals surface area contributed by atoms with E-state index in [9.17, 15) is 24.0 Å². The van der Waals surface area contributed by atoms with Gasteiger partial charge in [0.15, 0.2) is 11.6 Å². The molecule has 0 bridgehead atoms. The Bertz CT molecular complexity index is 1990. The van der Waals surface area contributed by atoms with Crippen LogP contribution < -0.4 is 20.1 Å². The highest BCUT2D eigenvalue weighted by atomic mass is 16.5. The maximum absolute atomic E-state index is 13.1. The van der Waals surface area contributed by atoms with Crippen molar-refractivity contribution < 1.29 is 33.4 Å². The third-order valence-electron chi connectivity index (χ3n) is 9.79. The molecule has 268 valence electrons. The van der Waals surface area contributed by atoms with Gasteiger partial charge in [-0.1, -0.05) is 38.1 Å². The molecule has 3 heterocycles. The van der Waals surface area contributed by atoms with Gasteiger partial charge >= 0.3 is 0 Å². The van der Waals surface area contributed by atoms with Crippen LogP contribution in [0.15, 0.2) is 79.0 Å². The lowest BCUT2D eigenvalue weighted by molar-refractivity contribution is -0.136. The molecule has 1 aromatic heterocycles. The number of fused-ring (bicyclic) bond motifs is 1. The number of carbonyl (C=O) groups excluding carboxylic acids is 5. The summed E-state index contributed by atoms with van der Waals surface area (Å²) in [5.41, 5.74) is 3.98. The highest BCUT2D eigenvalue weighted by Crippen LogP contribution is 2.40. The molecule has 52 heavy (non-hydrogen) atoms. The summed E-state index contributed by atoms with van der Waals surface area (Å²) in [6, 6.07) is 22.0. The maximum atomic E-state index is 13.1. The second-order valence-corrected chi connectivity index (χ2v) is 12.9. The normalized spacial score (nSPS) is 15.7. The lowest BCUT2D eigenvalue weighted by atomic mass is 9.70. The summed E-state index contributed by atoms with van der Waals surface area (Å²) in [7, 11) is 0. The fourth-order valence-electron chi connectivity index (χ4n) is 6.85. The van der Waals surface area contributed by atoms with Crippen LogP contribution in [-0.4, -0.2) is 63.5 Å². The summed E-state index contributed by atoms with van der Waals surface area (Å²) >= 11 is 0. The first-order valence-electron chi connectivity index (χ1n) is 17.5. The smallest absolute Gasteiger partial charge is 0.262 e. The fourth-order valence-corrected chi connectivity index (χ4v) is 6.85. The maximum Gasteiger partial charge on any atom is 0.262 e. The summed E-state index contributed by atoms with van der Waals surface area (Å²) in [4.78, 5) is 70.7. The van der Waals surface area contributed by atoms with E-state index in [-0.39, 0.29) is 47.6 Å². The van der Waals surface area contributed by atoms with Gasteiger partial charge in [-0.15, -0.1) is 0 Å². The molecule has 1 unspecified atom stereocenters. The molecule has 2 aliphatic heterocycles. The van der Waals surface area contributed by atoms with Crippen LogP contribution in [0.25, 0.3) is 0 Å².